The number of nitrogens with one attached hydrogen (secondary N) is 1. The number of carbonyl (C=O) groups excluding carboxylic acids is 2. The van der Waals surface area contributed by atoms with Crippen LogP contribution in [0.4, 0.5) is 5.69 Å². The molecule has 2 amide bonds. The van der Waals surface area contributed by atoms with Crippen LogP contribution in [0.15, 0.2) is 24.3 Å². The van der Waals surface area contributed by atoms with Gasteiger partial charge in [-0.25, -0.2) is 0 Å². The quantitative estimate of drug-likeness (QED) is 0.927. The molecule has 23 heavy (non-hydrogen) atoms. The Morgan fingerprint density at radius 1 is 1.00 bits per heavy atom. The molecule has 0 aromatic heterocycles. The number of anilines is 1. The number of hydrogen-bond donors (Lipinski definition) is 1. The van der Waals surface area contributed by atoms with Crippen molar-refractivity contribution >= 4 is 17.5 Å². The minimum absolute atomic E-state index is 0.00132. The topological polar surface area (TPSA) is 52.7 Å². The van der Waals surface area contributed by atoms with Crippen molar-refractivity contribution in [3.63, 3.8) is 0 Å². The van der Waals surface area contributed by atoms with Crippen LogP contribution >= 0.6 is 0 Å². The van der Waals surface area contributed by atoms with Gasteiger partial charge in [0, 0.05) is 38.8 Å². The molecule has 0 radical (unpaired) electrons. The number of benzene rings is 1. The Morgan fingerprint density at radius 3 is 2.04 bits per heavy atom. The summed E-state index contributed by atoms with van der Waals surface area (Å²) in [6.07, 6.45) is 0. The smallest absolute Gasteiger partial charge is 0.241 e. The van der Waals surface area contributed by atoms with Crippen molar-refractivity contribution in [3.8, 4) is 0 Å². The van der Waals surface area contributed by atoms with Crippen LogP contribution in [-0.4, -0.2) is 53.8 Å². The first-order valence-corrected chi connectivity index (χ1v) is 8.29. The molecule has 1 heterocycles. The molecular formula is C18H27N3O2. The van der Waals surface area contributed by atoms with Crippen molar-refractivity contribution in [2.45, 2.75) is 39.7 Å². The maximum atomic E-state index is 12.4. The fourth-order valence-corrected chi connectivity index (χ4v) is 2.79. The van der Waals surface area contributed by atoms with E-state index in [4.69, 9.17) is 0 Å². The Balaban J connectivity index is 1.89. The standard InChI is InChI=1S/C18H27N3O2/c1-13(2)16-5-7-17(8-6-16)19-18(23)14(3)20-9-11-21(12-10-20)15(4)22/h5-8,13-14H,9-12H2,1-4H3,(H,19,23)/t14-/m0/s1. The lowest BCUT2D eigenvalue weighted by atomic mass is 10.0. The van der Waals surface area contributed by atoms with Gasteiger partial charge in [-0.1, -0.05) is 26.0 Å². The van der Waals surface area contributed by atoms with E-state index in [9.17, 15) is 9.59 Å². The predicted octanol–water partition coefficient (Wildman–Crippen LogP) is 2.30. The van der Waals surface area contributed by atoms with Crippen molar-refractivity contribution in [2.24, 2.45) is 0 Å². The van der Waals surface area contributed by atoms with E-state index in [0.29, 0.717) is 19.0 Å². The molecule has 0 bridgehead atoms. The minimum atomic E-state index is -0.200. The molecule has 0 unspecified atom stereocenters. The molecule has 5 nitrogen and oxygen atoms in total. The summed E-state index contributed by atoms with van der Waals surface area (Å²) in [5.41, 5.74) is 2.09. The van der Waals surface area contributed by atoms with Gasteiger partial charge in [-0.3, -0.25) is 14.5 Å². The van der Waals surface area contributed by atoms with Gasteiger partial charge < -0.3 is 10.2 Å². The highest BCUT2D eigenvalue weighted by Crippen LogP contribution is 2.17. The minimum Gasteiger partial charge on any atom is -0.340 e. The second kappa shape index (κ2) is 7.59. The van der Waals surface area contributed by atoms with E-state index < -0.39 is 0 Å². The maximum absolute atomic E-state index is 12.4. The van der Waals surface area contributed by atoms with Crippen LogP contribution in [0.3, 0.4) is 0 Å². The van der Waals surface area contributed by atoms with E-state index in [1.807, 2.05) is 24.0 Å². The van der Waals surface area contributed by atoms with Crippen molar-refractivity contribution in [1.29, 1.82) is 0 Å². The Bertz CT molecular complexity index is 546. The van der Waals surface area contributed by atoms with Crippen LogP contribution < -0.4 is 5.32 Å². The first-order valence-electron chi connectivity index (χ1n) is 8.29. The Morgan fingerprint density at radius 2 is 1.57 bits per heavy atom. The zero-order valence-corrected chi connectivity index (χ0v) is 14.5. The highest BCUT2D eigenvalue weighted by atomic mass is 16.2. The van der Waals surface area contributed by atoms with Gasteiger partial charge in [0.2, 0.25) is 11.8 Å². The SMILES string of the molecule is CC(=O)N1CCN([C@@H](C)C(=O)Nc2ccc(C(C)C)cc2)CC1. The van der Waals surface area contributed by atoms with Crippen molar-refractivity contribution in [3.05, 3.63) is 29.8 Å². The van der Waals surface area contributed by atoms with E-state index in [-0.39, 0.29) is 17.9 Å². The van der Waals surface area contributed by atoms with Gasteiger partial charge >= 0.3 is 0 Å². The fraction of sp³-hybridized carbons (Fsp3) is 0.556. The molecule has 0 spiro atoms. The lowest BCUT2D eigenvalue weighted by molar-refractivity contribution is -0.131. The molecule has 1 aromatic carbocycles. The molecule has 2 rings (SSSR count). The lowest BCUT2D eigenvalue weighted by Gasteiger charge is -2.37. The fourth-order valence-electron chi connectivity index (χ4n) is 2.79. The maximum Gasteiger partial charge on any atom is 0.241 e. The highest BCUT2D eigenvalue weighted by molar-refractivity contribution is 5.94. The van der Waals surface area contributed by atoms with Gasteiger partial charge in [0.1, 0.15) is 0 Å². The van der Waals surface area contributed by atoms with E-state index in [1.54, 1.807) is 6.92 Å². The zero-order valence-electron chi connectivity index (χ0n) is 14.5. The van der Waals surface area contributed by atoms with Gasteiger partial charge in [-0.2, -0.15) is 0 Å². The second-order valence-corrected chi connectivity index (χ2v) is 6.48. The third kappa shape index (κ3) is 4.55. The number of rotatable bonds is 4. The molecule has 5 heteroatoms. The molecule has 0 aliphatic carbocycles. The summed E-state index contributed by atoms with van der Waals surface area (Å²) in [4.78, 5) is 27.7. The summed E-state index contributed by atoms with van der Waals surface area (Å²) < 4.78 is 0. The summed E-state index contributed by atoms with van der Waals surface area (Å²) in [5.74, 6) is 0.585. The van der Waals surface area contributed by atoms with Gasteiger partial charge in [-0.15, -0.1) is 0 Å². The van der Waals surface area contributed by atoms with Crippen molar-refractivity contribution in [1.82, 2.24) is 9.80 Å². The van der Waals surface area contributed by atoms with E-state index in [2.05, 4.69) is 36.2 Å². The van der Waals surface area contributed by atoms with Gasteiger partial charge in [0.05, 0.1) is 6.04 Å². The highest BCUT2D eigenvalue weighted by Gasteiger charge is 2.26. The summed E-state index contributed by atoms with van der Waals surface area (Å²) in [7, 11) is 0. The van der Waals surface area contributed by atoms with Crippen LogP contribution in [0.1, 0.15) is 39.2 Å². The normalized spacial score (nSPS) is 17.2. The number of hydrogen-bond acceptors (Lipinski definition) is 3. The average molecular weight is 317 g/mol. The molecule has 1 aromatic rings. The summed E-state index contributed by atoms with van der Waals surface area (Å²) >= 11 is 0. The number of nitrogens with zero attached hydrogens (tertiary/aromatic N) is 2. The van der Waals surface area contributed by atoms with Gasteiger partial charge in [0.15, 0.2) is 0 Å². The Hall–Kier alpha value is -1.88. The number of piperazine rings is 1. The first kappa shape index (κ1) is 17.5. The van der Waals surface area contributed by atoms with Crippen LogP contribution in [0.25, 0.3) is 0 Å². The van der Waals surface area contributed by atoms with Crippen LogP contribution in [0.5, 0.6) is 0 Å². The lowest BCUT2D eigenvalue weighted by Crippen LogP contribution is -2.53. The third-order valence-electron chi connectivity index (χ3n) is 4.53. The third-order valence-corrected chi connectivity index (χ3v) is 4.53. The predicted molar refractivity (Wildman–Crippen MR) is 92.4 cm³/mol. The van der Waals surface area contributed by atoms with Crippen LogP contribution in [-0.2, 0) is 9.59 Å². The van der Waals surface area contributed by atoms with E-state index >= 15 is 0 Å². The molecule has 1 N–H and O–H groups in total. The molecule has 1 aliphatic rings. The number of amides is 2. The van der Waals surface area contributed by atoms with E-state index in [1.165, 1.54) is 5.56 Å². The van der Waals surface area contributed by atoms with Gasteiger partial charge in [0.25, 0.3) is 0 Å². The Kier molecular flexibility index (Phi) is 5.77. The zero-order chi connectivity index (χ0) is 17.0. The summed E-state index contributed by atoms with van der Waals surface area (Å²) in [6, 6.07) is 7.81. The monoisotopic (exact) mass is 317 g/mol. The van der Waals surface area contributed by atoms with Crippen LogP contribution in [0, 0.1) is 0 Å². The first-order chi connectivity index (χ1) is 10.9. The summed E-state index contributed by atoms with van der Waals surface area (Å²) in [5, 5.41) is 2.98. The molecule has 1 fully saturated rings. The van der Waals surface area contributed by atoms with Crippen molar-refractivity contribution in [2.75, 3.05) is 31.5 Å². The van der Waals surface area contributed by atoms with Crippen molar-refractivity contribution < 1.29 is 9.59 Å². The second-order valence-electron chi connectivity index (χ2n) is 6.48. The molecule has 1 atom stereocenters. The molecule has 1 saturated heterocycles. The molecule has 1 aliphatic heterocycles. The average Bonchev–Trinajstić information content (AvgIpc) is 2.54. The Labute approximate surface area is 138 Å². The molecular weight excluding hydrogens is 290 g/mol. The molecule has 126 valence electrons. The van der Waals surface area contributed by atoms with Gasteiger partial charge in [-0.05, 0) is 30.5 Å². The van der Waals surface area contributed by atoms with E-state index in [0.717, 1.165) is 18.8 Å². The molecule has 0 saturated carbocycles. The largest absolute Gasteiger partial charge is 0.340 e. The van der Waals surface area contributed by atoms with Crippen LogP contribution in [0.2, 0.25) is 0 Å². The summed E-state index contributed by atoms with van der Waals surface area (Å²) in [6.45, 7) is 10.7. The number of carbonyl (C=O) groups is 2.